The van der Waals surface area contributed by atoms with Crippen LogP contribution in [0.2, 0.25) is 0 Å². The smallest absolute Gasteiger partial charge is 0.229 e. The summed E-state index contributed by atoms with van der Waals surface area (Å²) in [5, 5.41) is 0.766. The number of anilines is 1. The number of rotatable bonds is 8. The van der Waals surface area contributed by atoms with E-state index in [4.69, 9.17) is 4.98 Å². The highest BCUT2D eigenvalue weighted by Crippen LogP contribution is 2.33. The largest absolute Gasteiger partial charge is 0.284 e. The number of benzene rings is 3. The lowest BCUT2D eigenvalue weighted by molar-refractivity contribution is -0.118. The number of hydrogen-bond acceptors (Lipinski definition) is 5. The summed E-state index contributed by atoms with van der Waals surface area (Å²) in [7, 11) is 0. The number of thiazole rings is 1. The van der Waals surface area contributed by atoms with E-state index in [0.29, 0.717) is 13.0 Å². The number of aromatic nitrogens is 1. The van der Waals surface area contributed by atoms with Crippen LogP contribution in [-0.4, -0.2) is 22.9 Å². The molecule has 4 rings (SSSR count). The fourth-order valence-electron chi connectivity index (χ4n) is 3.07. The van der Waals surface area contributed by atoms with E-state index in [1.54, 1.807) is 34.9 Å². The Kier molecular flexibility index (Phi) is 7.10. The van der Waals surface area contributed by atoms with E-state index in [1.165, 1.54) is 9.79 Å². The minimum absolute atomic E-state index is 0.103. The molecule has 1 heterocycles. The molecule has 0 aliphatic carbocycles. The first-order chi connectivity index (χ1) is 14.7. The first-order valence-electron chi connectivity index (χ1n) is 9.69. The molecule has 152 valence electrons. The molecule has 3 nitrogen and oxygen atoms in total. The maximum absolute atomic E-state index is 13.2. The summed E-state index contributed by atoms with van der Waals surface area (Å²) in [6, 6.07) is 26.6. The zero-order chi connectivity index (χ0) is 20.8. The molecule has 0 saturated heterocycles. The second-order valence-corrected chi connectivity index (χ2v) is 9.76. The summed E-state index contributed by atoms with van der Waals surface area (Å²) in [5.74, 6) is 0.849. The zero-order valence-corrected chi connectivity index (χ0v) is 19.1. The zero-order valence-electron chi connectivity index (χ0n) is 16.7. The van der Waals surface area contributed by atoms with Crippen LogP contribution in [0, 0.1) is 0 Å². The average Bonchev–Trinajstić information content (AvgIpc) is 3.21. The third-order valence-corrected chi connectivity index (χ3v) is 7.41. The van der Waals surface area contributed by atoms with Gasteiger partial charge in [-0.3, -0.25) is 9.69 Å². The van der Waals surface area contributed by atoms with Gasteiger partial charge in [-0.1, -0.05) is 59.9 Å². The lowest BCUT2D eigenvalue weighted by Gasteiger charge is -2.20. The van der Waals surface area contributed by atoms with Crippen molar-refractivity contribution in [3.05, 3.63) is 84.4 Å². The number of hydrogen-bond donors (Lipinski definition) is 0. The molecule has 0 aliphatic heterocycles. The Morgan fingerprint density at radius 1 is 0.967 bits per heavy atom. The molecule has 0 N–H and O–H groups in total. The molecule has 4 aromatic rings. The molecule has 3 aromatic carbocycles. The van der Waals surface area contributed by atoms with E-state index in [9.17, 15) is 4.79 Å². The van der Waals surface area contributed by atoms with Gasteiger partial charge in [0, 0.05) is 22.0 Å². The van der Waals surface area contributed by atoms with Crippen LogP contribution >= 0.6 is 34.9 Å². The second-order valence-electron chi connectivity index (χ2n) is 6.71. The van der Waals surface area contributed by atoms with Crippen LogP contribution in [0.25, 0.3) is 10.2 Å². The lowest BCUT2D eigenvalue weighted by Crippen LogP contribution is -2.30. The Balaban J connectivity index is 1.55. The van der Waals surface area contributed by atoms with Crippen molar-refractivity contribution in [3.63, 3.8) is 0 Å². The van der Waals surface area contributed by atoms with Crippen molar-refractivity contribution in [2.24, 2.45) is 0 Å². The summed E-state index contributed by atoms with van der Waals surface area (Å²) >= 11 is 5.01. The predicted molar refractivity (Wildman–Crippen MR) is 131 cm³/mol. The number of fused-ring (bicyclic) bond motifs is 1. The summed E-state index contributed by atoms with van der Waals surface area (Å²) in [5.41, 5.74) is 2.04. The summed E-state index contributed by atoms with van der Waals surface area (Å²) < 4.78 is 1.11. The van der Waals surface area contributed by atoms with Gasteiger partial charge in [0.05, 0.1) is 16.8 Å². The fraction of sp³-hybridized carbons (Fsp3) is 0.167. The molecule has 6 heteroatoms. The van der Waals surface area contributed by atoms with E-state index >= 15 is 0 Å². The van der Waals surface area contributed by atoms with E-state index < -0.39 is 0 Å². The van der Waals surface area contributed by atoms with Gasteiger partial charge in [0.1, 0.15) is 0 Å². The maximum Gasteiger partial charge on any atom is 0.229 e. The quantitative estimate of drug-likeness (QED) is 0.279. The van der Waals surface area contributed by atoms with Gasteiger partial charge in [-0.25, -0.2) is 4.98 Å². The Hall–Kier alpha value is -2.28. The highest BCUT2D eigenvalue weighted by Gasteiger charge is 2.20. The van der Waals surface area contributed by atoms with Crippen molar-refractivity contribution >= 4 is 56.1 Å². The molecular formula is C24H22N2OS3. The minimum Gasteiger partial charge on any atom is -0.284 e. The molecule has 1 aromatic heterocycles. The molecule has 0 bridgehead atoms. The van der Waals surface area contributed by atoms with Gasteiger partial charge in [0.25, 0.3) is 0 Å². The second kappa shape index (κ2) is 10.2. The molecule has 0 spiro atoms. The van der Waals surface area contributed by atoms with Crippen LogP contribution in [0.15, 0.2) is 88.7 Å². The summed E-state index contributed by atoms with van der Waals surface area (Å²) in [4.78, 5) is 22.2. The van der Waals surface area contributed by atoms with Crippen molar-refractivity contribution in [1.29, 1.82) is 0 Å². The average molecular weight is 451 g/mol. The van der Waals surface area contributed by atoms with Crippen LogP contribution in [-0.2, 0) is 11.3 Å². The Morgan fingerprint density at radius 3 is 2.43 bits per heavy atom. The maximum atomic E-state index is 13.2. The van der Waals surface area contributed by atoms with Crippen LogP contribution < -0.4 is 4.90 Å². The third-order valence-electron chi connectivity index (χ3n) is 4.63. The molecule has 0 unspecified atom stereocenters. The van der Waals surface area contributed by atoms with Gasteiger partial charge in [-0.15, -0.1) is 23.5 Å². The standard InChI is InChI=1S/C24H22N2OS3/c1-28-20-12-13-21-22(16-20)30-24(25-21)26(17-18-8-4-2-5-9-18)23(27)14-15-29-19-10-6-3-7-11-19/h2-13,16H,14-15,17H2,1H3. The van der Waals surface area contributed by atoms with Crippen LogP contribution in [0.3, 0.4) is 0 Å². The van der Waals surface area contributed by atoms with Crippen molar-refractivity contribution in [2.45, 2.75) is 22.8 Å². The molecule has 30 heavy (non-hydrogen) atoms. The number of thioether (sulfide) groups is 2. The van der Waals surface area contributed by atoms with Gasteiger partial charge >= 0.3 is 0 Å². The van der Waals surface area contributed by atoms with Gasteiger partial charge in [-0.2, -0.15) is 0 Å². The lowest BCUT2D eigenvalue weighted by atomic mass is 10.2. The monoisotopic (exact) mass is 450 g/mol. The normalized spacial score (nSPS) is 11.0. The van der Waals surface area contributed by atoms with Crippen LogP contribution in [0.5, 0.6) is 0 Å². The predicted octanol–water partition coefficient (Wildman–Crippen LogP) is 6.73. The number of nitrogens with zero attached hydrogens (tertiary/aromatic N) is 2. The third kappa shape index (κ3) is 5.25. The molecular weight excluding hydrogens is 428 g/mol. The molecule has 1 amide bonds. The highest BCUT2D eigenvalue weighted by molar-refractivity contribution is 7.99. The minimum atomic E-state index is 0.103. The Labute approximate surface area is 189 Å². The first kappa shape index (κ1) is 21.0. The van der Waals surface area contributed by atoms with Crippen molar-refractivity contribution in [1.82, 2.24) is 4.98 Å². The summed E-state index contributed by atoms with van der Waals surface area (Å²) in [6.45, 7) is 0.533. The number of carbonyl (C=O) groups excluding carboxylic acids is 1. The van der Waals surface area contributed by atoms with Gasteiger partial charge in [-0.05, 0) is 42.2 Å². The Bertz CT molecular complexity index is 1110. The van der Waals surface area contributed by atoms with E-state index in [2.05, 4.69) is 42.7 Å². The van der Waals surface area contributed by atoms with Crippen LogP contribution in [0.1, 0.15) is 12.0 Å². The van der Waals surface area contributed by atoms with Gasteiger partial charge < -0.3 is 0 Å². The Morgan fingerprint density at radius 2 is 1.70 bits per heavy atom. The van der Waals surface area contributed by atoms with Crippen molar-refractivity contribution in [2.75, 3.05) is 16.9 Å². The molecule has 0 radical (unpaired) electrons. The van der Waals surface area contributed by atoms with E-state index in [-0.39, 0.29) is 5.91 Å². The van der Waals surface area contributed by atoms with E-state index in [1.807, 2.05) is 47.4 Å². The molecule has 0 fully saturated rings. The topological polar surface area (TPSA) is 33.2 Å². The summed E-state index contributed by atoms with van der Waals surface area (Å²) in [6.07, 6.45) is 2.54. The van der Waals surface area contributed by atoms with Gasteiger partial charge in [0.15, 0.2) is 5.13 Å². The fourth-order valence-corrected chi connectivity index (χ4v) is 5.47. The van der Waals surface area contributed by atoms with Crippen molar-refractivity contribution < 1.29 is 4.79 Å². The van der Waals surface area contributed by atoms with E-state index in [0.717, 1.165) is 26.7 Å². The molecule has 0 atom stereocenters. The molecule has 0 aliphatic rings. The number of carbonyl (C=O) groups is 1. The van der Waals surface area contributed by atoms with Gasteiger partial charge in [0.2, 0.25) is 5.91 Å². The van der Waals surface area contributed by atoms with Crippen molar-refractivity contribution in [3.8, 4) is 0 Å². The highest BCUT2D eigenvalue weighted by atomic mass is 32.2. The molecule has 0 saturated carbocycles. The number of amides is 1. The SMILES string of the molecule is CSc1ccc2nc(N(Cc3ccccc3)C(=O)CCSc3ccccc3)sc2c1. The van der Waals surface area contributed by atoms with Crippen LogP contribution in [0.4, 0.5) is 5.13 Å². The first-order valence-corrected chi connectivity index (χ1v) is 12.7.